The Morgan fingerprint density at radius 3 is 2.81 bits per heavy atom. The summed E-state index contributed by atoms with van der Waals surface area (Å²) in [4.78, 5) is 25.7. The molecular weight excluding hydrogens is 266 g/mol. The van der Waals surface area contributed by atoms with E-state index in [-0.39, 0.29) is 24.3 Å². The van der Waals surface area contributed by atoms with Crippen molar-refractivity contribution in [3.63, 3.8) is 0 Å². The molecule has 3 atom stereocenters. The van der Waals surface area contributed by atoms with Gasteiger partial charge < -0.3 is 9.64 Å². The van der Waals surface area contributed by atoms with Crippen LogP contribution < -0.4 is 0 Å². The standard InChI is InChI=1S/C17H27NO3/c1-12(2)14-7-5-8-16(19)18-13(10-11-15(14)18)6-4-9-17(20)21-3/h4,6,12-15H,5,7-11H2,1-3H3/b6-4+/t13-,14-,15-/m1/s1. The highest BCUT2D eigenvalue weighted by molar-refractivity contribution is 5.78. The maximum atomic E-state index is 12.4. The van der Waals surface area contributed by atoms with E-state index < -0.39 is 0 Å². The first-order valence-corrected chi connectivity index (χ1v) is 8.09. The first-order valence-electron chi connectivity index (χ1n) is 8.09. The van der Waals surface area contributed by atoms with Gasteiger partial charge in [0.15, 0.2) is 0 Å². The third kappa shape index (κ3) is 3.66. The van der Waals surface area contributed by atoms with Crippen LogP contribution in [0.2, 0.25) is 0 Å². The minimum atomic E-state index is -0.233. The van der Waals surface area contributed by atoms with Crippen molar-refractivity contribution in [1.29, 1.82) is 0 Å². The fourth-order valence-electron chi connectivity index (χ4n) is 3.84. The predicted octanol–water partition coefficient (Wildman–Crippen LogP) is 2.92. The van der Waals surface area contributed by atoms with Crippen LogP contribution >= 0.6 is 0 Å². The molecule has 0 saturated carbocycles. The Balaban J connectivity index is 2.08. The Kier molecular flexibility index (Phi) is 5.43. The minimum absolute atomic E-state index is 0.159. The number of hydrogen-bond acceptors (Lipinski definition) is 3. The summed E-state index contributed by atoms with van der Waals surface area (Å²) in [5, 5.41) is 0. The Bertz CT molecular complexity index is 416. The molecule has 2 heterocycles. The topological polar surface area (TPSA) is 46.6 Å². The Hall–Kier alpha value is -1.32. The molecule has 0 aromatic rings. The fourth-order valence-corrected chi connectivity index (χ4v) is 3.84. The van der Waals surface area contributed by atoms with Crippen LogP contribution in [0.5, 0.6) is 0 Å². The number of rotatable bonds is 4. The van der Waals surface area contributed by atoms with E-state index in [2.05, 4.69) is 23.5 Å². The zero-order valence-electron chi connectivity index (χ0n) is 13.4. The third-order valence-corrected chi connectivity index (χ3v) is 4.91. The van der Waals surface area contributed by atoms with E-state index in [9.17, 15) is 9.59 Å². The highest BCUT2D eigenvalue weighted by atomic mass is 16.5. The van der Waals surface area contributed by atoms with E-state index in [0.29, 0.717) is 24.3 Å². The largest absolute Gasteiger partial charge is 0.469 e. The molecule has 0 unspecified atom stereocenters. The van der Waals surface area contributed by atoms with Gasteiger partial charge in [-0.1, -0.05) is 26.0 Å². The Morgan fingerprint density at radius 2 is 2.14 bits per heavy atom. The lowest BCUT2D eigenvalue weighted by molar-refractivity contribution is -0.139. The Morgan fingerprint density at radius 1 is 1.38 bits per heavy atom. The predicted molar refractivity (Wildman–Crippen MR) is 81.6 cm³/mol. The van der Waals surface area contributed by atoms with E-state index in [1.165, 1.54) is 7.11 Å². The number of amides is 1. The van der Waals surface area contributed by atoms with Gasteiger partial charge >= 0.3 is 5.97 Å². The van der Waals surface area contributed by atoms with E-state index >= 15 is 0 Å². The van der Waals surface area contributed by atoms with Crippen LogP contribution in [0.25, 0.3) is 0 Å². The molecular formula is C17H27NO3. The molecule has 0 radical (unpaired) electrons. The zero-order valence-corrected chi connectivity index (χ0v) is 13.4. The first kappa shape index (κ1) is 16.1. The second-order valence-corrected chi connectivity index (χ2v) is 6.52. The average molecular weight is 293 g/mol. The van der Waals surface area contributed by atoms with E-state index in [0.717, 1.165) is 25.7 Å². The number of carbonyl (C=O) groups is 2. The van der Waals surface area contributed by atoms with Gasteiger partial charge in [-0.2, -0.15) is 0 Å². The highest BCUT2D eigenvalue weighted by Crippen LogP contribution is 2.38. The average Bonchev–Trinajstić information content (AvgIpc) is 2.78. The summed E-state index contributed by atoms with van der Waals surface area (Å²) in [6, 6.07) is 0.541. The van der Waals surface area contributed by atoms with Gasteiger partial charge in [-0.3, -0.25) is 9.59 Å². The van der Waals surface area contributed by atoms with E-state index in [4.69, 9.17) is 0 Å². The SMILES string of the molecule is COC(=O)C/C=C/[C@@H]1CC[C@@H]2[C@@H](C(C)C)CCCC(=O)N12. The normalized spacial score (nSPS) is 29.8. The van der Waals surface area contributed by atoms with Crippen LogP contribution in [0.1, 0.15) is 52.4 Å². The molecule has 4 nitrogen and oxygen atoms in total. The molecule has 0 spiro atoms. The number of esters is 1. The van der Waals surface area contributed by atoms with Gasteiger partial charge in [-0.25, -0.2) is 0 Å². The number of hydrogen-bond donors (Lipinski definition) is 0. The molecule has 0 aromatic carbocycles. The molecule has 118 valence electrons. The summed E-state index contributed by atoms with van der Waals surface area (Å²) in [6.07, 6.45) is 9.09. The summed E-state index contributed by atoms with van der Waals surface area (Å²) in [6.45, 7) is 4.53. The van der Waals surface area contributed by atoms with Gasteiger partial charge in [0.25, 0.3) is 0 Å². The van der Waals surface area contributed by atoms with Crippen molar-refractivity contribution in [2.75, 3.05) is 7.11 Å². The monoisotopic (exact) mass is 293 g/mol. The summed E-state index contributed by atoms with van der Waals surface area (Å²) in [5.41, 5.74) is 0. The molecule has 2 rings (SSSR count). The van der Waals surface area contributed by atoms with Crippen molar-refractivity contribution in [3.8, 4) is 0 Å². The van der Waals surface area contributed by atoms with E-state index in [1.807, 2.05) is 12.2 Å². The van der Waals surface area contributed by atoms with Crippen molar-refractivity contribution >= 4 is 11.9 Å². The molecule has 2 saturated heterocycles. The van der Waals surface area contributed by atoms with Crippen LogP contribution in [0.4, 0.5) is 0 Å². The van der Waals surface area contributed by atoms with Crippen LogP contribution in [0, 0.1) is 11.8 Å². The Labute approximate surface area is 127 Å². The molecule has 0 aliphatic carbocycles. The number of ether oxygens (including phenoxy) is 1. The minimum Gasteiger partial charge on any atom is -0.469 e. The summed E-state index contributed by atoms with van der Waals surface area (Å²) < 4.78 is 4.64. The molecule has 0 aromatic heterocycles. The molecule has 4 heteroatoms. The fraction of sp³-hybridized carbons (Fsp3) is 0.765. The smallest absolute Gasteiger partial charge is 0.309 e. The number of carbonyl (C=O) groups excluding carboxylic acids is 2. The lowest BCUT2D eigenvalue weighted by Gasteiger charge is -2.34. The molecule has 21 heavy (non-hydrogen) atoms. The van der Waals surface area contributed by atoms with Gasteiger partial charge in [0.05, 0.1) is 19.6 Å². The van der Waals surface area contributed by atoms with Crippen molar-refractivity contribution in [1.82, 2.24) is 4.90 Å². The summed E-state index contributed by atoms with van der Waals surface area (Å²) >= 11 is 0. The van der Waals surface area contributed by atoms with Crippen LogP contribution in [0.15, 0.2) is 12.2 Å². The van der Waals surface area contributed by atoms with Crippen LogP contribution in [-0.4, -0.2) is 36.0 Å². The zero-order chi connectivity index (χ0) is 15.4. The second kappa shape index (κ2) is 7.10. The van der Waals surface area contributed by atoms with E-state index in [1.54, 1.807) is 0 Å². The van der Waals surface area contributed by atoms with Crippen molar-refractivity contribution < 1.29 is 14.3 Å². The van der Waals surface area contributed by atoms with Crippen LogP contribution in [-0.2, 0) is 14.3 Å². The molecule has 2 aliphatic rings. The number of nitrogens with zero attached hydrogens (tertiary/aromatic N) is 1. The second-order valence-electron chi connectivity index (χ2n) is 6.52. The highest BCUT2D eigenvalue weighted by Gasteiger charge is 2.42. The summed E-state index contributed by atoms with van der Waals surface area (Å²) in [7, 11) is 1.40. The lowest BCUT2D eigenvalue weighted by Crippen LogP contribution is -2.43. The van der Waals surface area contributed by atoms with Gasteiger partial charge in [0.1, 0.15) is 0 Å². The maximum absolute atomic E-state index is 12.4. The summed E-state index contributed by atoms with van der Waals surface area (Å²) in [5.74, 6) is 1.27. The van der Waals surface area contributed by atoms with Gasteiger partial charge in [0.2, 0.25) is 5.91 Å². The van der Waals surface area contributed by atoms with Crippen molar-refractivity contribution in [2.24, 2.45) is 11.8 Å². The third-order valence-electron chi connectivity index (χ3n) is 4.91. The molecule has 2 fully saturated rings. The molecule has 1 amide bonds. The van der Waals surface area contributed by atoms with Crippen molar-refractivity contribution in [3.05, 3.63) is 12.2 Å². The van der Waals surface area contributed by atoms with Gasteiger partial charge in [-0.15, -0.1) is 0 Å². The number of methoxy groups -OCH3 is 1. The quantitative estimate of drug-likeness (QED) is 0.591. The lowest BCUT2D eigenvalue weighted by atomic mass is 9.84. The number of fused-ring (bicyclic) bond motifs is 1. The maximum Gasteiger partial charge on any atom is 0.309 e. The van der Waals surface area contributed by atoms with Crippen LogP contribution in [0.3, 0.4) is 0 Å². The molecule has 2 aliphatic heterocycles. The first-order chi connectivity index (χ1) is 10.0. The van der Waals surface area contributed by atoms with Gasteiger partial charge in [-0.05, 0) is 37.5 Å². The van der Waals surface area contributed by atoms with Gasteiger partial charge in [0, 0.05) is 12.5 Å². The van der Waals surface area contributed by atoms with Crippen molar-refractivity contribution in [2.45, 2.75) is 64.5 Å². The molecule has 0 bridgehead atoms. The molecule has 0 N–H and O–H groups in total.